The second kappa shape index (κ2) is 26.9. The smallest absolute Gasteiger partial charge is 0.101 e. The van der Waals surface area contributed by atoms with Gasteiger partial charge in [0.2, 0.25) is 0 Å². The minimum absolute atomic E-state index is 0.642. The monoisotopic (exact) mass is 519 g/mol. The van der Waals surface area contributed by atoms with Crippen LogP contribution >= 0.6 is 0 Å². The molecule has 1 aliphatic heterocycles. The van der Waals surface area contributed by atoms with E-state index in [1.165, 1.54) is 186 Å². The zero-order chi connectivity index (χ0) is 26.7. The molecule has 0 aromatic rings. The summed E-state index contributed by atoms with van der Waals surface area (Å²) in [5.41, 5.74) is 0. The molecule has 0 fully saturated rings. The van der Waals surface area contributed by atoms with Crippen molar-refractivity contribution < 1.29 is 0 Å². The summed E-state index contributed by atoms with van der Waals surface area (Å²) in [5, 5.41) is 0. The highest BCUT2D eigenvalue weighted by molar-refractivity contribution is 4.97. The molecule has 1 unspecified atom stereocenters. The third kappa shape index (κ3) is 20.0. The maximum absolute atomic E-state index is 2.70. The first kappa shape index (κ1) is 34.4. The van der Waals surface area contributed by atoms with Crippen LogP contribution in [-0.2, 0) is 0 Å². The first-order valence-electron chi connectivity index (χ1n) is 17.5. The van der Waals surface area contributed by atoms with Crippen molar-refractivity contribution >= 4 is 0 Å². The molecule has 0 amide bonds. The standard InChI is InChI=1S/C35H70N2/c1-4-7-10-13-16-17-18-19-20-21-23-26-29-32-37-34-33-36(31-28-25-15-12-9-6-3)35(37)30-27-24-22-14-11-8-5-2/h33-35H,4-32H2,1-3H3. The maximum atomic E-state index is 2.70. The van der Waals surface area contributed by atoms with Gasteiger partial charge in [-0.1, -0.05) is 168 Å². The lowest BCUT2D eigenvalue weighted by Crippen LogP contribution is -2.39. The highest BCUT2D eigenvalue weighted by atomic mass is 15.4. The Kier molecular flexibility index (Phi) is 25.0. The van der Waals surface area contributed by atoms with Gasteiger partial charge in [-0.15, -0.1) is 0 Å². The lowest BCUT2D eigenvalue weighted by Gasteiger charge is -2.33. The van der Waals surface area contributed by atoms with Crippen LogP contribution in [0.3, 0.4) is 0 Å². The van der Waals surface area contributed by atoms with Crippen LogP contribution in [0.5, 0.6) is 0 Å². The highest BCUT2D eigenvalue weighted by Crippen LogP contribution is 2.24. The van der Waals surface area contributed by atoms with Crippen molar-refractivity contribution in [3.8, 4) is 0 Å². The van der Waals surface area contributed by atoms with Crippen molar-refractivity contribution in [1.82, 2.24) is 9.80 Å². The number of hydrogen-bond donors (Lipinski definition) is 0. The Labute approximate surface area is 235 Å². The molecule has 0 aromatic carbocycles. The molecule has 1 atom stereocenters. The summed E-state index contributed by atoms with van der Waals surface area (Å²) in [4.78, 5) is 5.39. The topological polar surface area (TPSA) is 6.48 Å². The van der Waals surface area contributed by atoms with Gasteiger partial charge in [0, 0.05) is 25.5 Å². The number of rotatable bonds is 29. The Morgan fingerprint density at radius 2 is 0.622 bits per heavy atom. The van der Waals surface area contributed by atoms with E-state index in [9.17, 15) is 0 Å². The molecule has 220 valence electrons. The molecule has 0 radical (unpaired) electrons. The molecule has 37 heavy (non-hydrogen) atoms. The average molecular weight is 519 g/mol. The van der Waals surface area contributed by atoms with Crippen LogP contribution in [0.25, 0.3) is 0 Å². The predicted octanol–water partition coefficient (Wildman–Crippen LogP) is 12.0. The Balaban J connectivity index is 2.18. The summed E-state index contributed by atoms with van der Waals surface area (Å²) in [7, 11) is 0. The van der Waals surface area contributed by atoms with Gasteiger partial charge in [-0.05, 0) is 25.7 Å². The van der Waals surface area contributed by atoms with Crippen molar-refractivity contribution in [3.63, 3.8) is 0 Å². The number of unbranched alkanes of at least 4 members (excludes halogenated alkanes) is 23. The molecule has 1 aliphatic rings. The fraction of sp³-hybridized carbons (Fsp3) is 0.943. The van der Waals surface area contributed by atoms with Gasteiger partial charge in [-0.3, -0.25) is 0 Å². The fourth-order valence-electron chi connectivity index (χ4n) is 6.01. The van der Waals surface area contributed by atoms with E-state index in [1.807, 2.05) is 0 Å². The lowest BCUT2D eigenvalue weighted by molar-refractivity contribution is 0.135. The van der Waals surface area contributed by atoms with Crippen LogP contribution in [0.2, 0.25) is 0 Å². The molecule has 0 aliphatic carbocycles. The van der Waals surface area contributed by atoms with Crippen molar-refractivity contribution in [2.24, 2.45) is 0 Å². The quantitative estimate of drug-likeness (QED) is 0.0908. The largest absolute Gasteiger partial charge is 0.356 e. The van der Waals surface area contributed by atoms with E-state index in [-0.39, 0.29) is 0 Å². The van der Waals surface area contributed by atoms with E-state index in [1.54, 1.807) is 0 Å². The summed E-state index contributed by atoms with van der Waals surface area (Å²) in [5.74, 6) is 0. The Morgan fingerprint density at radius 3 is 0.946 bits per heavy atom. The first-order valence-corrected chi connectivity index (χ1v) is 17.5. The minimum atomic E-state index is 0.642. The van der Waals surface area contributed by atoms with E-state index in [0.29, 0.717) is 6.17 Å². The van der Waals surface area contributed by atoms with Gasteiger partial charge in [0.05, 0.1) is 0 Å². The fourth-order valence-corrected chi connectivity index (χ4v) is 6.01. The minimum Gasteiger partial charge on any atom is -0.356 e. The third-order valence-corrected chi connectivity index (χ3v) is 8.57. The van der Waals surface area contributed by atoms with Gasteiger partial charge >= 0.3 is 0 Å². The van der Waals surface area contributed by atoms with E-state index in [2.05, 4.69) is 43.0 Å². The van der Waals surface area contributed by atoms with Gasteiger partial charge in [0.1, 0.15) is 6.17 Å². The van der Waals surface area contributed by atoms with E-state index >= 15 is 0 Å². The van der Waals surface area contributed by atoms with Crippen LogP contribution in [-0.4, -0.2) is 29.1 Å². The van der Waals surface area contributed by atoms with Crippen molar-refractivity contribution in [2.75, 3.05) is 13.1 Å². The molecular formula is C35H70N2. The number of hydrogen-bond acceptors (Lipinski definition) is 2. The molecule has 2 nitrogen and oxygen atoms in total. The number of nitrogens with zero attached hydrogens (tertiary/aromatic N) is 2. The van der Waals surface area contributed by atoms with Crippen molar-refractivity contribution in [2.45, 2.75) is 200 Å². The predicted molar refractivity (Wildman–Crippen MR) is 168 cm³/mol. The zero-order valence-electron chi connectivity index (χ0n) is 26.1. The van der Waals surface area contributed by atoms with Gasteiger partial charge in [0.25, 0.3) is 0 Å². The first-order chi connectivity index (χ1) is 18.3. The molecule has 0 saturated carbocycles. The normalized spacial score (nSPS) is 15.4. The third-order valence-electron chi connectivity index (χ3n) is 8.57. The Hall–Kier alpha value is -0.660. The zero-order valence-corrected chi connectivity index (χ0v) is 26.1. The van der Waals surface area contributed by atoms with Gasteiger partial charge < -0.3 is 9.80 Å². The van der Waals surface area contributed by atoms with Crippen molar-refractivity contribution in [1.29, 1.82) is 0 Å². The average Bonchev–Trinajstić information content (AvgIpc) is 3.29. The lowest BCUT2D eigenvalue weighted by atomic mass is 10.0. The van der Waals surface area contributed by atoms with Crippen LogP contribution in [0.15, 0.2) is 12.4 Å². The molecule has 2 heteroatoms. The SMILES string of the molecule is CCCCCCCCCCCCCCCN1C=CN(CCCCCCCC)C1CCCCCCCCC. The molecule has 0 saturated heterocycles. The maximum Gasteiger partial charge on any atom is 0.101 e. The molecule has 0 bridgehead atoms. The summed E-state index contributed by atoms with van der Waals surface area (Å²) in [6, 6.07) is 0. The summed E-state index contributed by atoms with van der Waals surface area (Å²) in [6.45, 7) is 9.47. The molecule has 0 N–H and O–H groups in total. The molecular weight excluding hydrogens is 448 g/mol. The second-order valence-electron chi connectivity index (χ2n) is 12.2. The molecule has 1 heterocycles. The highest BCUT2D eigenvalue weighted by Gasteiger charge is 2.24. The van der Waals surface area contributed by atoms with Crippen LogP contribution in [0, 0.1) is 0 Å². The summed E-state index contributed by atoms with van der Waals surface area (Å²) in [6.07, 6.45) is 44.0. The molecule has 0 spiro atoms. The second-order valence-corrected chi connectivity index (χ2v) is 12.2. The van der Waals surface area contributed by atoms with Crippen LogP contribution in [0.4, 0.5) is 0 Å². The van der Waals surface area contributed by atoms with E-state index < -0.39 is 0 Å². The van der Waals surface area contributed by atoms with Crippen molar-refractivity contribution in [3.05, 3.63) is 12.4 Å². The van der Waals surface area contributed by atoms with Gasteiger partial charge in [-0.2, -0.15) is 0 Å². The van der Waals surface area contributed by atoms with Gasteiger partial charge in [-0.25, -0.2) is 0 Å². The van der Waals surface area contributed by atoms with Crippen LogP contribution < -0.4 is 0 Å². The van der Waals surface area contributed by atoms with E-state index in [0.717, 1.165) is 0 Å². The molecule has 0 aromatic heterocycles. The Bertz CT molecular complexity index is 474. The van der Waals surface area contributed by atoms with Crippen LogP contribution in [0.1, 0.15) is 194 Å². The van der Waals surface area contributed by atoms with E-state index in [4.69, 9.17) is 0 Å². The molecule has 1 rings (SSSR count). The Morgan fingerprint density at radius 1 is 0.351 bits per heavy atom. The van der Waals surface area contributed by atoms with Gasteiger partial charge in [0.15, 0.2) is 0 Å². The summed E-state index contributed by atoms with van der Waals surface area (Å²) >= 11 is 0. The summed E-state index contributed by atoms with van der Waals surface area (Å²) < 4.78 is 0.